The lowest BCUT2D eigenvalue weighted by atomic mass is 9.95. The van der Waals surface area contributed by atoms with E-state index in [0.717, 1.165) is 32.1 Å². The highest BCUT2D eigenvalue weighted by Gasteiger charge is 2.51. The van der Waals surface area contributed by atoms with Crippen LogP contribution in [0.25, 0.3) is 0 Å². The summed E-state index contributed by atoms with van der Waals surface area (Å²) in [6.07, 6.45) is -7.09. The van der Waals surface area contributed by atoms with Gasteiger partial charge in [-0.3, -0.25) is 4.79 Å². The molecule has 0 saturated carbocycles. The van der Waals surface area contributed by atoms with Crippen LogP contribution >= 0.6 is 0 Å². The predicted molar refractivity (Wildman–Crippen MR) is 144 cm³/mol. The third-order valence-electron chi connectivity index (χ3n) is 7.42. The van der Waals surface area contributed by atoms with Crippen LogP contribution in [0.3, 0.4) is 0 Å². The number of benzene rings is 1. The summed E-state index contributed by atoms with van der Waals surface area (Å²) in [7, 11) is 1.50. The molecule has 2 fully saturated rings. The van der Waals surface area contributed by atoms with Crippen molar-refractivity contribution in [1.29, 1.82) is 0 Å². The van der Waals surface area contributed by atoms with E-state index in [4.69, 9.17) is 23.7 Å². The van der Waals surface area contributed by atoms with Crippen molar-refractivity contribution in [2.45, 2.75) is 107 Å². The van der Waals surface area contributed by atoms with E-state index in [0.29, 0.717) is 12.2 Å². The fraction of sp³-hybridized carbons (Fsp3) is 0.750. The SMILES string of the molecule is CCCCCCCCO[C@@H]1O[C@H](CO)[C@@H](O)[C@H](O[C@@H]2O[C@H](CO)[C@H](O)[C@H](O)[C@H]2O)[C@H]1NC(=O)c1ccc(OC)cc1. The number of hydrogen-bond donors (Lipinski definition) is 7. The molecule has 1 aromatic carbocycles. The molecular formula is C28H45NO12. The highest BCUT2D eigenvalue weighted by Crippen LogP contribution is 2.30. The first-order valence-corrected chi connectivity index (χ1v) is 14.2. The van der Waals surface area contributed by atoms with Gasteiger partial charge in [0.2, 0.25) is 0 Å². The van der Waals surface area contributed by atoms with Crippen LogP contribution in [0.4, 0.5) is 0 Å². The first kappa shape index (κ1) is 33.6. The van der Waals surface area contributed by atoms with Gasteiger partial charge < -0.3 is 59.6 Å². The second kappa shape index (κ2) is 16.7. The molecule has 10 atom stereocenters. The van der Waals surface area contributed by atoms with Crippen molar-refractivity contribution in [2.24, 2.45) is 0 Å². The van der Waals surface area contributed by atoms with E-state index in [2.05, 4.69) is 12.2 Å². The van der Waals surface area contributed by atoms with E-state index < -0.39 is 80.5 Å². The van der Waals surface area contributed by atoms with Gasteiger partial charge in [-0.1, -0.05) is 39.0 Å². The molecule has 2 heterocycles. The molecule has 2 aliphatic heterocycles. The number of nitrogens with one attached hydrogen (secondary N) is 1. The third kappa shape index (κ3) is 8.80. The summed E-state index contributed by atoms with van der Waals surface area (Å²) >= 11 is 0. The number of carbonyl (C=O) groups is 1. The zero-order chi connectivity index (χ0) is 29.9. The molecule has 0 bridgehead atoms. The Hall–Kier alpha value is -1.91. The van der Waals surface area contributed by atoms with Crippen LogP contribution in [-0.2, 0) is 18.9 Å². The molecule has 41 heavy (non-hydrogen) atoms. The maximum absolute atomic E-state index is 13.3. The van der Waals surface area contributed by atoms with Crippen LogP contribution in [-0.4, -0.2) is 125 Å². The summed E-state index contributed by atoms with van der Waals surface area (Å²) in [6, 6.07) is 5.15. The van der Waals surface area contributed by atoms with E-state index >= 15 is 0 Å². The Morgan fingerprint density at radius 1 is 0.829 bits per heavy atom. The summed E-state index contributed by atoms with van der Waals surface area (Å²) in [6.45, 7) is 1.12. The second-order valence-electron chi connectivity index (χ2n) is 10.4. The van der Waals surface area contributed by atoms with E-state index in [-0.39, 0.29) is 12.2 Å². The number of amides is 1. The van der Waals surface area contributed by atoms with Crippen molar-refractivity contribution in [3.8, 4) is 5.75 Å². The Kier molecular flexibility index (Phi) is 13.6. The molecular weight excluding hydrogens is 542 g/mol. The second-order valence-corrected chi connectivity index (χ2v) is 10.4. The molecule has 2 saturated heterocycles. The van der Waals surface area contributed by atoms with E-state index in [1.807, 2.05) is 0 Å². The number of carbonyl (C=O) groups excluding carboxylic acids is 1. The lowest BCUT2D eigenvalue weighted by Crippen LogP contribution is -2.68. The van der Waals surface area contributed by atoms with Crippen molar-refractivity contribution >= 4 is 5.91 Å². The van der Waals surface area contributed by atoms with E-state index in [1.165, 1.54) is 7.11 Å². The number of methoxy groups -OCH3 is 1. The number of ether oxygens (including phenoxy) is 5. The van der Waals surface area contributed by atoms with Gasteiger partial charge >= 0.3 is 0 Å². The summed E-state index contributed by atoms with van der Waals surface area (Å²) in [5, 5.41) is 64.3. The summed E-state index contributed by atoms with van der Waals surface area (Å²) in [4.78, 5) is 13.3. The van der Waals surface area contributed by atoms with Crippen molar-refractivity contribution in [2.75, 3.05) is 26.9 Å². The molecule has 0 unspecified atom stereocenters. The van der Waals surface area contributed by atoms with Crippen molar-refractivity contribution in [3.05, 3.63) is 29.8 Å². The van der Waals surface area contributed by atoms with E-state index in [1.54, 1.807) is 24.3 Å². The van der Waals surface area contributed by atoms with Crippen LogP contribution in [0.5, 0.6) is 5.75 Å². The predicted octanol–water partition coefficient (Wildman–Crippen LogP) is -0.566. The zero-order valence-electron chi connectivity index (χ0n) is 23.6. The lowest BCUT2D eigenvalue weighted by molar-refractivity contribution is -0.344. The molecule has 0 aromatic heterocycles. The van der Waals surface area contributed by atoms with Crippen LogP contribution in [0.15, 0.2) is 24.3 Å². The van der Waals surface area contributed by atoms with Crippen LogP contribution in [0.2, 0.25) is 0 Å². The number of hydrogen-bond acceptors (Lipinski definition) is 12. The number of unbranched alkanes of at least 4 members (excludes halogenated alkanes) is 5. The fourth-order valence-corrected chi connectivity index (χ4v) is 4.92. The van der Waals surface area contributed by atoms with Gasteiger partial charge in [-0.2, -0.15) is 0 Å². The fourth-order valence-electron chi connectivity index (χ4n) is 4.92. The van der Waals surface area contributed by atoms with Gasteiger partial charge in [0, 0.05) is 12.2 Å². The highest BCUT2D eigenvalue weighted by atomic mass is 16.7. The van der Waals surface area contributed by atoms with Gasteiger partial charge in [0.25, 0.3) is 5.91 Å². The minimum atomic E-state index is -1.75. The van der Waals surface area contributed by atoms with Crippen LogP contribution < -0.4 is 10.1 Å². The van der Waals surface area contributed by atoms with Crippen LogP contribution in [0.1, 0.15) is 55.8 Å². The average molecular weight is 588 g/mol. The standard InChI is InChI=1S/C28H45NO12/c1-3-4-5-6-7-8-13-38-27-20(29-26(36)16-9-11-17(37-2)12-10-16)25(22(33)19(15-31)39-27)41-28-24(35)23(34)21(32)18(14-30)40-28/h9-12,18-25,27-28,30-35H,3-8,13-15H2,1-2H3,(H,29,36)/t18-,19-,20-,21+,22-,23+,24-,25-,27-,28+/m1/s1. The van der Waals surface area contributed by atoms with Crippen molar-refractivity contribution in [1.82, 2.24) is 5.32 Å². The van der Waals surface area contributed by atoms with Gasteiger partial charge in [0.05, 0.1) is 20.3 Å². The molecule has 1 aromatic rings. The summed E-state index contributed by atoms with van der Waals surface area (Å²) in [5.74, 6) is -0.000738. The maximum Gasteiger partial charge on any atom is 0.251 e. The van der Waals surface area contributed by atoms with Crippen molar-refractivity contribution < 1.29 is 59.1 Å². The number of aliphatic hydroxyl groups excluding tert-OH is 6. The van der Waals surface area contributed by atoms with Gasteiger partial charge in [-0.15, -0.1) is 0 Å². The Labute approximate surface area is 239 Å². The minimum absolute atomic E-state index is 0.269. The monoisotopic (exact) mass is 587 g/mol. The highest BCUT2D eigenvalue weighted by molar-refractivity contribution is 5.94. The third-order valence-corrected chi connectivity index (χ3v) is 7.42. The quantitative estimate of drug-likeness (QED) is 0.129. The summed E-state index contributed by atoms with van der Waals surface area (Å²) < 4.78 is 28.4. The molecule has 234 valence electrons. The normalized spacial score (nSPS) is 33.9. The maximum atomic E-state index is 13.3. The molecule has 13 nitrogen and oxygen atoms in total. The van der Waals surface area contributed by atoms with Crippen molar-refractivity contribution in [3.63, 3.8) is 0 Å². The molecule has 2 aliphatic rings. The van der Waals surface area contributed by atoms with E-state index in [9.17, 15) is 35.4 Å². The van der Waals surface area contributed by atoms with Crippen LogP contribution in [0, 0.1) is 0 Å². The first-order chi connectivity index (χ1) is 19.7. The van der Waals surface area contributed by atoms with Gasteiger partial charge in [0.1, 0.15) is 54.5 Å². The Balaban J connectivity index is 1.82. The average Bonchev–Trinajstić information content (AvgIpc) is 2.99. The molecule has 0 spiro atoms. The molecule has 0 aliphatic carbocycles. The summed E-state index contributed by atoms with van der Waals surface area (Å²) in [5.41, 5.74) is 0.269. The van der Waals surface area contributed by atoms with Gasteiger partial charge in [0.15, 0.2) is 12.6 Å². The Bertz CT molecular complexity index is 903. The molecule has 7 N–H and O–H groups in total. The molecule has 0 radical (unpaired) electrons. The van der Waals surface area contributed by atoms with Gasteiger partial charge in [-0.05, 0) is 30.7 Å². The molecule has 1 amide bonds. The largest absolute Gasteiger partial charge is 0.497 e. The molecule has 13 heteroatoms. The zero-order valence-corrected chi connectivity index (χ0v) is 23.6. The number of rotatable bonds is 15. The number of aliphatic hydroxyl groups is 6. The first-order valence-electron chi connectivity index (χ1n) is 14.2. The lowest BCUT2D eigenvalue weighted by Gasteiger charge is -2.47. The molecule has 3 rings (SSSR count). The minimum Gasteiger partial charge on any atom is -0.497 e. The Morgan fingerprint density at radius 2 is 1.44 bits per heavy atom. The smallest absolute Gasteiger partial charge is 0.251 e. The Morgan fingerprint density at radius 3 is 2.07 bits per heavy atom. The van der Waals surface area contributed by atoms with Gasteiger partial charge in [-0.25, -0.2) is 0 Å². The topological polar surface area (TPSA) is 197 Å².